The van der Waals surface area contributed by atoms with Gasteiger partial charge >= 0.3 is 5.97 Å². The number of cyclic esters (lactones) is 1. The third-order valence-corrected chi connectivity index (χ3v) is 5.71. The zero-order valence-corrected chi connectivity index (χ0v) is 16.9. The van der Waals surface area contributed by atoms with Crippen LogP contribution in [0.1, 0.15) is 42.5 Å². The fraction of sp³-hybridized carbons (Fsp3) is 0.476. The molecular formula is C21H24N4O6. The average molecular weight is 428 g/mol. The maximum atomic E-state index is 13.4. The van der Waals surface area contributed by atoms with Gasteiger partial charge in [-0.1, -0.05) is 18.2 Å². The summed E-state index contributed by atoms with van der Waals surface area (Å²) in [6.45, 7) is 0.419. The van der Waals surface area contributed by atoms with Crippen LogP contribution in [-0.4, -0.2) is 70.9 Å². The lowest BCUT2D eigenvalue weighted by Gasteiger charge is -2.43. The Hall–Kier alpha value is -3.43. The van der Waals surface area contributed by atoms with Crippen LogP contribution in [-0.2, 0) is 23.9 Å². The monoisotopic (exact) mass is 428 g/mol. The van der Waals surface area contributed by atoms with Crippen molar-refractivity contribution in [1.82, 2.24) is 20.7 Å². The van der Waals surface area contributed by atoms with Gasteiger partial charge in [-0.15, -0.1) is 0 Å². The summed E-state index contributed by atoms with van der Waals surface area (Å²) in [4.78, 5) is 62.9. The van der Waals surface area contributed by atoms with Crippen LogP contribution in [0, 0.1) is 0 Å². The molecule has 0 spiro atoms. The first kappa shape index (κ1) is 20.8. The van der Waals surface area contributed by atoms with Gasteiger partial charge in [0, 0.05) is 18.5 Å². The molecule has 10 nitrogen and oxygen atoms in total. The van der Waals surface area contributed by atoms with E-state index in [1.165, 1.54) is 10.0 Å². The molecule has 4 rings (SSSR count). The van der Waals surface area contributed by atoms with Gasteiger partial charge in [-0.3, -0.25) is 29.0 Å². The summed E-state index contributed by atoms with van der Waals surface area (Å²) in [5.74, 6) is -2.00. The lowest BCUT2D eigenvalue weighted by Crippen LogP contribution is -2.64. The quantitative estimate of drug-likeness (QED) is 0.637. The van der Waals surface area contributed by atoms with E-state index in [0.29, 0.717) is 24.9 Å². The number of carbonyl (C=O) groups excluding carboxylic acids is 5. The van der Waals surface area contributed by atoms with Crippen molar-refractivity contribution in [2.24, 2.45) is 0 Å². The number of carbonyl (C=O) groups is 5. The first-order chi connectivity index (χ1) is 14.9. The highest BCUT2D eigenvalue weighted by Gasteiger charge is 2.45. The van der Waals surface area contributed by atoms with Gasteiger partial charge in [0.1, 0.15) is 18.7 Å². The van der Waals surface area contributed by atoms with Crippen LogP contribution < -0.4 is 10.6 Å². The van der Waals surface area contributed by atoms with Crippen molar-refractivity contribution in [1.29, 1.82) is 0 Å². The zero-order valence-electron chi connectivity index (χ0n) is 16.9. The SMILES string of the molecule is O=C1C[C@H](NC(=O)[C@@H]2CCCN3C(=O)CC[C@H](NC(=O)c4ccccc4)C(=O)N23)CO1. The van der Waals surface area contributed by atoms with Crippen molar-refractivity contribution >= 4 is 29.6 Å². The second-order valence-electron chi connectivity index (χ2n) is 7.88. The minimum absolute atomic E-state index is 0.0742. The van der Waals surface area contributed by atoms with Crippen LogP contribution in [0.15, 0.2) is 30.3 Å². The highest BCUT2D eigenvalue weighted by Crippen LogP contribution is 2.25. The highest BCUT2D eigenvalue weighted by molar-refractivity contribution is 5.99. The van der Waals surface area contributed by atoms with Crippen molar-refractivity contribution in [2.45, 2.75) is 50.2 Å². The van der Waals surface area contributed by atoms with Gasteiger partial charge in [0.25, 0.3) is 11.8 Å². The Kier molecular flexibility index (Phi) is 5.88. The van der Waals surface area contributed by atoms with Gasteiger partial charge in [-0.2, -0.15) is 0 Å². The molecule has 0 unspecified atom stereocenters. The predicted molar refractivity (Wildman–Crippen MR) is 106 cm³/mol. The van der Waals surface area contributed by atoms with Crippen molar-refractivity contribution < 1.29 is 28.7 Å². The number of rotatable bonds is 4. The van der Waals surface area contributed by atoms with E-state index < -0.39 is 35.8 Å². The van der Waals surface area contributed by atoms with E-state index >= 15 is 0 Å². The molecule has 3 fully saturated rings. The largest absolute Gasteiger partial charge is 0.463 e. The van der Waals surface area contributed by atoms with Crippen molar-refractivity contribution in [2.75, 3.05) is 13.2 Å². The Labute approximate surface area is 178 Å². The number of hydrazine groups is 1. The van der Waals surface area contributed by atoms with Crippen molar-refractivity contribution in [3.63, 3.8) is 0 Å². The first-order valence-corrected chi connectivity index (χ1v) is 10.4. The Morgan fingerprint density at radius 1 is 1.03 bits per heavy atom. The van der Waals surface area contributed by atoms with E-state index in [2.05, 4.69) is 10.6 Å². The van der Waals surface area contributed by atoms with Gasteiger partial charge in [-0.05, 0) is 31.4 Å². The third-order valence-electron chi connectivity index (χ3n) is 5.71. The number of nitrogens with zero attached hydrogens (tertiary/aromatic N) is 2. The van der Waals surface area contributed by atoms with E-state index in [4.69, 9.17) is 4.74 Å². The number of nitrogens with one attached hydrogen (secondary N) is 2. The Morgan fingerprint density at radius 3 is 2.52 bits per heavy atom. The van der Waals surface area contributed by atoms with Crippen LogP contribution in [0.4, 0.5) is 0 Å². The van der Waals surface area contributed by atoms with Gasteiger partial charge in [0.15, 0.2) is 0 Å². The molecule has 0 aliphatic carbocycles. The molecule has 0 saturated carbocycles. The molecule has 1 aromatic rings. The van der Waals surface area contributed by atoms with Gasteiger partial charge < -0.3 is 15.4 Å². The second kappa shape index (κ2) is 8.75. The number of ether oxygens (including phenoxy) is 1. The minimum atomic E-state index is -0.925. The maximum absolute atomic E-state index is 13.4. The zero-order chi connectivity index (χ0) is 22.0. The molecule has 3 heterocycles. The summed E-state index contributed by atoms with van der Waals surface area (Å²) >= 11 is 0. The Balaban J connectivity index is 1.52. The lowest BCUT2D eigenvalue weighted by atomic mass is 10.0. The summed E-state index contributed by atoms with van der Waals surface area (Å²) < 4.78 is 4.88. The molecule has 0 radical (unpaired) electrons. The van der Waals surface area contributed by atoms with Crippen LogP contribution in [0.5, 0.6) is 0 Å². The lowest BCUT2D eigenvalue weighted by molar-refractivity contribution is -0.176. The standard InChI is InChI=1S/C21H24N4O6/c26-17-9-8-15(23-19(28)13-5-2-1-3-6-13)21(30)25-16(7-4-10-24(17)25)20(29)22-14-11-18(27)31-12-14/h1-3,5-6,14-16H,4,7-12H2,(H,22,29)(H,23,28)/t14-,15-,16-/m0/s1. The molecular weight excluding hydrogens is 404 g/mol. The predicted octanol–water partition coefficient (Wildman–Crippen LogP) is -0.255. The molecule has 0 aromatic heterocycles. The molecule has 3 aliphatic rings. The minimum Gasteiger partial charge on any atom is -0.463 e. The first-order valence-electron chi connectivity index (χ1n) is 10.4. The molecule has 164 valence electrons. The normalized spacial score (nSPS) is 26.1. The molecule has 3 saturated heterocycles. The van der Waals surface area contributed by atoms with E-state index in [1.54, 1.807) is 30.3 Å². The molecule has 0 bridgehead atoms. The number of amides is 4. The van der Waals surface area contributed by atoms with Gasteiger partial charge in [0.05, 0.1) is 12.5 Å². The fourth-order valence-electron chi connectivity index (χ4n) is 4.14. The van der Waals surface area contributed by atoms with Crippen LogP contribution >= 0.6 is 0 Å². The molecule has 3 atom stereocenters. The smallest absolute Gasteiger partial charge is 0.308 e. The van der Waals surface area contributed by atoms with Gasteiger partial charge in [-0.25, -0.2) is 5.01 Å². The molecule has 1 aromatic carbocycles. The second-order valence-corrected chi connectivity index (χ2v) is 7.88. The molecule has 4 amide bonds. The van der Waals surface area contributed by atoms with Crippen molar-refractivity contribution in [3.8, 4) is 0 Å². The Morgan fingerprint density at radius 2 is 1.81 bits per heavy atom. The number of benzene rings is 1. The molecule has 10 heteroatoms. The summed E-state index contributed by atoms with van der Waals surface area (Å²) in [7, 11) is 0. The van der Waals surface area contributed by atoms with Crippen LogP contribution in [0.2, 0.25) is 0 Å². The highest BCUT2D eigenvalue weighted by atomic mass is 16.5. The van der Waals surface area contributed by atoms with Gasteiger partial charge in [0.2, 0.25) is 11.8 Å². The average Bonchev–Trinajstić information content (AvgIpc) is 3.15. The third kappa shape index (κ3) is 4.37. The molecule has 3 aliphatic heterocycles. The number of hydrogen-bond acceptors (Lipinski definition) is 6. The summed E-state index contributed by atoms with van der Waals surface area (Å²) in [6, 6.07) is 6.22. The number of hydrogen-bond donors (Lipinski definition) is 2. The topological polar surface area (TPSA) is 125 Å². The van der Waals surface area contributed by atoms with E-state index in [0.717, 1.165) is 0 Å². The van der Waals surface area contributed by atoms with E-state index in [-0.39, 0.29) is 37.7 Å². The van der Waals surface area contributed by atoms with Crippen molar-refractivity contribution in [3.05, 3.63) is 35.9 Å². The van der Waals surface area contributed by atoms with Crippen LogP contribution in [0.25, 0.3) is 0 Å². The van der Waals surface area contributed by atoms with E-state index in [9.17, 15) is 24.0 Å². The van der Waals surface area contributed by atoms with E-state index in [1.807, 2.05) is 0 Å². The number of esters is 1. The number of fused-ring (bicyclic) bond motifs is 1. The van der Waals surface area contributed by atoms with Crippen LogP contribution in [0.3, 0.4) is 0 Å². The molecule has 2 N–H and O–H groups in total. The summed E-state index contributed by atoms with van der Waals surface area (Å²) in [6.07, 6.45) is 1.26. The Bertz CT molecular complexity index is 904. The summed E-state index contributed by atoms with van der Waals surface area (Å²) in [5.41, 5.74) is 0.404. The summed E-state index contributed by atoms with van der Waals surface area (Å²) in [5, 5.41) is 7.97. The fourth-order valence-corrected chi connectivity index (χ4v) is 4.14. The molecule has 31 heavy (non-hydrogen) atoms. The maximum Gasteiger partial charge on any atom is 0.308 e.